The standard InChI is InChI=1S/C12H14Cl2N2O3S/c13-11(14)12(17)15-9-3-5-10(6-4-9)20(18,19)16-7-1-2-8-16/h3-6,11H,1-2,7-8H2,(H,15,17). The number of hydrogen-bond acceptors (Lipinski definition) is 3. The zero-order chi connectivity index (χ0) is 14.8. The predicted molar refractivity (Wildman–Crippen MR) is 78.6 cm³/mol. The number of nitrogens with zero attached hydrogens (tertiary/aromatic N) is 1. The van der Waals surface area contributed by atoms with Gasteiger partial charge >= 0.3 is 0 Å². The highest BCUT2D eigenvalue weighted by atomic mass is 35.5. The van der Waals surface area contributed by atoms with E-state index in [4.69, 9.17) is 23.2 Å². The molecule has 1 heterocycles. The Morgan fingerprint density at radius 3 is 2.20 bits per heavy atom. The van der Waals surface area contributed by atoms with E-state index in [0.717, 1.165) is 12.8 Å². The number of carbonyl (C=O) groups excluding carboxylic acids is 1. The molecule has 1 aromatic rings. The molecule has 0 aliphatic carbocycles. The Morgan fingerprint density at radius 1 is 1.15 bits per heavy atom. The molecule has 0 unspecified atom stereocenters. The van der Waals surface area contributed by atoms with E-state index in [2.05, 4.69) is 5.32 Å². The van der Waals surface area contributed by atoms with Crippen LogP contribution in [-0.2, 0) is 14.8 Å². The maximum atomic E-state index is 12.3. The average Bonchev–Trinajstić information content (AvgIpc) is 2.93. The van der Waals surface area contributed by atoms with Crippen LogP contribution >= 0.6 is 23.2 Å². The van der Waals surface area contributed by atoms with Crippen molar-refractivity contribution in [2.24, 2.45) is 0 Å². The van der Waals surface area contributed by atoms with Gasteiger partial charge in [0.2, 0.25) is 10.0 Å². The number of hydrogen-bond donors (Lipinski definition) is 1. The van der Waals surface area contributed by atoms with Gasteiger partial charge in [-0.1, -0.05) is 23.2 Å². The molecule has 1 aliphatic rings. The predicted octanol–water partition coefficient (Wildman–Crippen LogP) is 2.21. The third-order valence-corrected chi connectivity index (χ3v) is 5.33. The molecule has 1 aromatic carbocycles. The van der Waals surface area contributed by atoms with Crippen molar-refractivity contribution in [3.63, 3.8) is 0 Å². The van der Waals surface area contributed by atoms with Gasteiger partial charge in [0.05, 0.1) is 4.90 Å². The van der Waals surface area contributed by atoms with Gasteiger partial charge in [-0.2, -0.15) is 4.31 Å². The number of rotatable bonds is 4. The lowest BCUT2D eigenvalue weighted by molar-refractivity contribution is -0.114. The number of benzene rings is 1. The Balaban J connectivity index is 2.13. The van der Waals surface area contributed by atoms with E-state index in [-0.39, 0.29) is 4.90 Å². The summed E-state index contributed by atoms with van der Waals surface area (Å²) in [6.07, 6.45) is 1.78. The third kappa shape index (κ3) is 3.44. The average molecular weight is 337 g/mol. The van der Waals surface area contributed by atoms with Gasteiger partial charge < -0.3 is 5.32 Å². The highest BCUT2D eigenvalue weighted by Crippen LogP contribution is 2.22. The summed E-state index contributed by atoms with van der Waals surface area (Å²) in [5.74, 6) is -0.552. The molecule has 20 heavy (non-hydrogen) atoms. The minimum atomic E-state index is -3.43. The molecule has 0 bridgehead atoms. The minimum Gasteiger partial charge on any atom is -0.324 e. The number of alkyl halides is 2. The molecule has 8 heteroatoms. The Labute approximate surface area is 127 Å². The van der Waals surface area contributed by atoms with E-state index in [1.54, 1.807) is 0 Å². The molecular formula is C12H14Cl2N2O3S. The first kappa shape index (κ1) is 15.6. The summed E-state index contributed by atoms with van der Waals surface area (Å²) in [5, 5.41) is 2.48. The van der Waals surface area contributed by atoms with Gasteiger partial charge in [0, 0.05) is 18.8 Å². The lowest BCUT2D eigenvalue weighted by Gasteiger charge is -2.15. The fraction of sp³-hybridized carbons (Fsp3) is 0.417. The highest BCUT2D eigenvalue weighted by Gasteiger charge is 2.26. The summed E-state index contributed by atoms with van der Waals surface area (Å²) in [6.45, 7) is 1.11. The van der Waals surface area contributed by atoms with Gasteiger partial charge in [-0.05, 0) is 37.1 Å². The second kappa shape index (κ2) is 6.30. The van der Waals surface area contributed by atoms with E-state index in [9.17, 15) is 13.2 Å². The van der Waals surface area contributed by atoms with Crippen LogP contribution in [0.5, 0.6) is 0 Å². The van der Waals surface area contributed by atoms with Gasteiger partial charge in [0.25, 0.3) is 5.91 Å². The van der Waals surface area contributed by atoms with Gasteiger partial charge in [0.15, 0.2) is 4.84 Å². The molecule has 1 fully saturated rings. The van der Waals surface area contributed by atoms with Crippen LogP contribution in [0.2, 0.25) is 0 Å². The van der Waals surface area contributed by atoms with Crippen LogP contribution < -0.4 is 5.32 Å². The fourth-order valence-corrected chi connectivity index (χ4v) is 3.61. The summed E-state index contributed by atoms with van der Waals surface area (Å²) < 4.78 is 26.0. The number of sulfonamides is 1. The highest BCUT2D eigenvalue weighted by molar-refractivity contribution is 7.89. The topological polar surface area (TPSA) is 66.5 Å². The van der Waals surface area contributed by atoms with Crippen molar-refractivity contribution in [1.29, 1.82) is 0 Å². The largest absolute Gasteiger partial charge is 0.324 e. The Bertz CT molecular complexity index is 581. The van der Waals surface area contributed by atoms with E-state index in [0.29, 0.717) is 18.8 Å². The molecule has 1 aliphatic heterocycles. The summed E-state index contributed by atoms with van der Waals surface area (Å²) in [4.78, 5) is 10.4. The molecular weight excluding hydrogens is 323 g/mol. The van der Waals surface area contributed by atoms with E-state index < -0.39 is 20.8 Å². The summed E-state index contributed by atoms with van der Waals surface area (Å²) in [5.41, 5.74) is 0.446. The van der Waals surface area contributed by atoms with Crippen molar-refractivity contribution in [3.8, 4) is 0 Å². The molecule has 1 saturated heterocycles. The molecule has 110 valence electrons. The van der Waals surface area contributed by atoms with Crippen molar-refractivity contribution in [3.05, 3.63) is 24.3 Å². The van der Waals surface area contributed by atoms with Crippen LogP contribution in [0.4, 0.5) is 5.69 Å². The smallest absolute Gasteiger partial charge is 0.257 e. The van der Waals surface area contributed by atoms with Crippen LogP contribution in [0, 0.1) is 0 Å². The normalized spacial score (nSPS) is 16.6. The minimum absolute atomic E-state index is 0.214. The molecule has 1 amide bonds. The molecule has 0 aromatic heterocycles. The summed E-state index contributed by atoms with van der Waals surface area (Å²) in [6, 6.07) is 5.94. The van der Waals surface area contributed by atoms with Gasteiger partial charge in [-0.15, -0.1) is 0 Å². The second-order valence-corrected chi connectivity index (χ2v) is 7.46. The molecule has 0 radical (unpaired) electrons. The lowest BCUT2D eigenvalue weighted by atomic mass is 10.3. The fourth-order valence-electron chi connectivity index (χ4n) is 1.98. The first-order valence-electron chi connectivity index (χ1n) is 6.10. The lowest BCUT2D eigenvalue weighted by Crippen LogP contribution is -2.27. The van der Waals surface area contributed by atoms with Crippen LogP contribution in [-0.4, -0.2) is 36.6 Å². The third-order valence-electron chi connectivity index (χ3n) is 3.02. The maximum Gasteiger partial charge on any atom is 0.257 e. The van der Waals surface area contributed by atoms with Crippen molar-refractivity contribution in [2.75, 3.05) is 18.4 Å². The SMILES string of the molecule is O=C(Nc1ccc(S(=O)(=O)N2CCCC2)cc1)C(Cl)Cl. The molecule has 5 nitrogen and oxygen atoms in total. The number of nitrogens with one attached hydrogen (secondary N) is 1. The van der Waals surface area contributed by atoms with Crippen molar-refractivity contribution < 1.29 is 13.2 Å². The number of anilines is 1. The first-order valence-corrected chi connectivity index (χ1v) is 8.42. The van der Waals surface area contributed by atoms with E-state index in [1.165, 1.54) is 28.6 Å². The van der Waals surface area contributed by atoms with Gasteiger partial charge in [-0.25, -0.2) is 8.42 Å². The van der Waals surface area contributed by atoms with Crippen LogP contribution in [0.25, 0.3) is 0 Å². The van der Waals surface area contributed by atoms with E-state index in [1.807, 2.05) is 0 Å². The quantitative estimate of drug-likeness (QED) is 0.857. The summed E-state index contributed by atoms with van der Waals surface area (Å²) in [7, 11) is -3.43. The molecule has 0 saturated carbocycles. The molecule has 2 rings (SSSR count). The molecule has 1 N–H and O–H groups in total. The van der Waals surface area contributed by atoms with Crippen LogP contribution in [0.1, 0.15) is 12.8 Å². The number of halogens is 2. The van der Waals surface area contributed by atoms with Crippen molar-refractivity contribution in [2.45, 2.75) is 22.6 Å². The van der Waals surface area contributed by atoms with Gasteiger partial charge in [0.1, 0.15) is 0 Å². The van der Waals surface area contributed by atoms with Crippen LogP contribution in [0.3, 0.4) is 0 Å². The van der Waals surface area contributed by atoms with Gasteiger partial charge in [-0.3, -0.25) is 4.79 Å². The Hall–Kier alpha value is -0.820. The Kier molecular flexibility index (Phi) is 4.90. The monoisotopic (exact) mass is 336 g/mol. The first-order chi connectivity index (χ1) is 9.41. The maximum absolute atomic E-state index is 12.3. The second-order valence-electron chi connectivity index (χ2n) is 4.43. The number of amides is 1. The Morgan fingerprint density at radius 2 is 1.70 bits per heavy atom. The van der Waals surface area contributed by atoms with Crippen LogP contribution in [0.15, 0.2) is 29.2 Å². The van der Waals surface area contributed by atoms with Crippen molar-refractivity contribution >= 4 is 44.8 Å². The zero-order valence-corrected chi connectivity index (χ0v) is 12.9. The summed E-state index contributed by atoms with van der Waals surface area (Å²) >= 11 is 10.8. The zero-order valence-electron chi connectivity index (χ0n) is 10.6. The molecule has 0 atom stereocenters. The number of carbonyl (C=O) groups is 1. The van der Waals surface area contributed by atoms with Crippen molar-refractivity contribution in [1.82, 2.24) is 4.31 Å². The van der Waals surface area contributed by atoms with E-state index >= 15 is 0 Å². The molecule has 0 spiro atoms.